The van der Waals surface area contributed by atoms with Crippen LogP contribution in [0.3, 0.4) is 0 Å². The molecule has 0 N–H and O–H groups in total. The van der Waals surface area contributed by atoms with Crippen molar-refractivity contribution in [2.24, 2.45) is 0 Å². The number of nitrogens with zero attached hydrogens (tertiary/aromatic N) is 1. The van der Waals surface area contributed by atoms with E-state index in [1.54, 1.807) is 13.0 Å². The summed E-state index contributed by atoms with van der Waals surface area (Å²) in [4.78, 5) is 11.9. The number of benzene rings is 2. The molecule has 0 aliphatic rings. The zero-order valence-electron chi connectivity index (χ0n) is 14.0. The van der Waals surface area contributed by atoms with Crippen molar-refractivity contribution in [3.05, 3.63) is 63.9 Å². The molecule has 0 amide bonds. The highest BCUT2D eigenvalue weighted by atomic mass is 32.2. The summed E-state index contributed by atoms with van der Waals surface area (Å²) in [7, 11) is -3.64. The molecule has 0 saturated carbocycles. The highest BCUT2D eigenvalue weighted by Crippen LogP contribution is 2.22. The van der Waals surface area contributed by atoms with Crippen molar-refractivity contribution >= 4 is 20.9 Å². The number of rotatable bonds is 5. The third-order valence-corrected chi connectivity index (χ3v) is 5.71. The summed E-state index contributed by atoms with van der Waals surface area (Å²) in [6.45, 7) is 4.03. The lowest BCUT2D eigenvalue weighted by Crippen LogP contribution is -2.13. The van der Waals surface area contributed by atoms with Gasteiger partial charge in [0.25, 0.3) is 0 Å². The van der Waals surface area contributed by atoms with Gasteiger partial charge in [0.2, 0.25) is 0 Å². The number of hydrogen-bond acceptors (Lipinski definition) is 4. The first-order chi connectivity index (χ1) is 11.8. The van der Waals surface area contributed by atoms with E-state index in [9.17, 15) is 17.6 Å². The molecule has 1 aromatic heterocycles. The summed E-state index contributed by atoms with van der Waals surface area (Å²) in [5.74, 6) is -1.12. The molecule has 3 aromatic rings. The van der Waals surface area contributed by atoms with Crippen molar-refractivity contribution in [3.8, 4) is 0 Å². The van der Waals surface area contributed by atoms with E-state index in [-0.39, 0.29) is 22.0 Å². The Balaban J connectivity index is 1.99. The van der Waals surface area contributed by atoms with Gasteiger partial charge in [-0.05, 0) is 42.7 Å². The highest BCUT2D eigenvalue weighted by Gasteiger charge is 2.19. The number of aromatic nitrogens is 1. The van der Waals surface area contributed by atoms with Crippen LogP contribution in [0.1, 0.15) is 24.5 Å². The molecule has 0 radical (unpaired) electrons. The van der Waals surface area contributed by atoms with Gasteiger partial charge in [0.15, 0.2) is 15.4 Å². The van der Waals surface area contributed by atoms with E-state index < -0.39 is 15.6 Å². The molecular weight excluding hydrogens is 345 g/mol. The summed E-state index contributed by atoms with van der Waals surface area (Å²) < 4.78 is 45.3. The van der Waals surface area contributed by atoms with Gasteiger partial charge < -0.3 is 4.42 Å². The Morgan fingerprint density at radius 2 is 1.92 bits per heavy atom. The number of oxazole rings is 1. The number of aryl methyl sites for hydroxylation is 2. The Hall–Kier alpha value is -2.41. The van der Waals surface area contributed by atoms with Gasteiger partial charge in [0, 0.05) is 12.6 Å². The van der Waals surface area contributed by atoms with Crippen LogP contribution in [0.25, 0.3) is 11.1 Å². The Bertz CT molecular complexity index is 1100. The maximum atomic E-state index is 13.3. The van der Waals surface area contributed by atoms with Crippen molar-refractivity contribution in [3.63, 3.8) is 0 Å². The molecule has 0 bridgehead atoms. The molecule has 0 saturated heterocycles. The lowest BCUT2D eigenvalue weighted by atomic mass is 10.1. The van der Waals surface area contributed by atoms with Gasteiger partial charge in [-0.3, -0.25) is 4.57 Å². The molecule has 7 heteroatoms. The van der Waals surface area contributed by atoms with Crippen LogP contribution in [0.2, 0.25) is 0 Å². The first kappa shape index (κ1) is 17.4. The van der Waals surface area contributed by atoms with Crippen LogP contribution in [-0.2, 0) is 22.1 Å². The molecule has 0 unspecified atom stereocenters. The second-order valence-corrected chi connectivity index (χ2v) is 7.98. The molecular formula is C18H18FNO4S. The fourth-order valence-electron chi connectivity index (χ4n) is 2.77. The Morgan fingerprint density at radius 1 is 1.16 bits per heavy atom. The van der Waals surface area contributed by atoms with E-state index in [1.807, 2.05) is 6.92 Å². The SMILES string of the molecule is CCCn1c(=O)oc2cc(S(=O)(=O)Cc3ccc(F)c(C)c3)ccc21. The number of sulfone groups is 1. The summed E-state index contributed by atoms with van der Waals surface area (Å²) in [5, 5.41) is 0. The maximum absolute atomic E-state index is 13.3. The third-order valence-electron chi connectivity index (χ3n) is 4.03. The van der Waals surface area contributed by atoms with Crippen LogP contribution in [0, 0.1) is 12.7 Å². The van der Waals surface area contributed by atoms with Crippen LogP contribution in [-0.4, -0.2) is 13.0 Å². The first-order valence-corrected chi connectivity index (χ1v) is 9.58. The second-order valence-electron chi connectivity index (χ2n) is 5.99. The van der Waals surface area contributed by atoms with Gasteiger partial charge in [-0.2, -0.15) is 0 Å². The molecule has 0 fully saturated rings. The van der Waals surface area contributed by atoms with E-state index in [0.29, 0.717) is 23.2 Å². The number of fused-ring (bicyclic) bond motifs is 1. The normalized spacial score (nSPS) is 12.0. The minimum Gasteiger partial charge on any atom is -0.408 e. The molecule has 0 aliphatic carbocycles. The average Bonchev–Trinajstić information content (AvgIpc) is 2.86. The molecule has 0 aliphatic heterocycles. The summed E-state index contributed by atoms with van der Waals surface area (Å²) in [6, 6.07) is 8.65. The van der Waals surface area contributed by atoms with Crippen LogP contribution >= 0.6 is 0 Å². The van der Waals surface area contributed by atoms with Crippen molar-refractivity contribution in [1.29, 1.82) is 0 Å². The quantitative estimate of drug-likeness (QED) is 0.696. The maximum Gasteiger partial charge on any atom is 0.419 e. The standard InChI is InChI=1S/C18H18FNO4S/c1-3-8-20-16-7-5-14(10-17(16)24-18(20)21)25(22,23)11-13-4-6-15(19)12(2)9-13/h4-7,9-10H,3,8,11H2,1-2H3. The average molecular weight is 363 g/mol. The second kappa shape index (κ2) is 6.48. The molecule has 0 spiro atoms. The molecule has 25 heavy (non-hydrogen) atoms. The summed E-state index contributed by atoms with van der Waals surface area (Å²) in [6.07, 6.45) is 0.762. The van der Waals surface area contributed by atoms with Gasteiger partial charge in [0.1, 0.15) is 5.82 Å². The van der Waals surface area contributed by atoms with Crippen molar-refractivity contribution in [2.75, 3.05) is 0 Å². The first-order valence-electron chi connectivity index (χ1n) is 7.93. The van der Waals surface area contributed by atoms with Crippen molar-refractivity contribution in [2.45, 2.75) is 37.5 Å². The number of hydrogen-bond donors (Lipinski definition) is 0. The van der Waals surface area contributed by atoms with Crippen molar-refractivity contribution < 1.29 is 17.2 Å². The molecule has 3 rings (SSSR count). The van der Waals surface area contributed by atoms with Crippen LogP contribution in [0.5, 0.6) is 0 Å². The fraction of sp³-hybridized carbons (Fsp3) is 0.278. The zero-order chi connectivity index (χ0) is 18.2. The Labute approximate surface area is 144 Å². The van der Waals surface area contributed by atoms with E-state index >= 15 is 0 Å². The summed E-state index contributed by atoms with van der Waals surface area (Å²) >= 11 is 0. The molecule has 132 valence electrons. The minimum absolute atomic E-state index is 0.0689. The fourth-order valence-corrected chi connectivity index (χ4v) is 4.12. The van der Waals surface area contributed by atoms with E-state index in [2.05, 4.69) is 0 Å². The van der Waals surface area contributed by atoms with Crippen LogP contribution in [0.15, 0.2) is 50.5 Å². The smallest absolute Gasteiger partial charge is 0.408 e. The van der Waals surface area contributed by atoms with Gasteiger partial charge in [-0.25, -0.2) is 17.6 Å². The van der Waals surface area contributed by atoms with Gasteiger partial charge >= 0.3 is 5.76 Å². The van der Waals surface area contributed by atoms with Crippen LogP contribution in [0.4, 0.5) is 4.39 Å². The lowest BCUT2D eigenvalue weighted by Gasteiger charge is -2.06. The van der Waals surface area contributed by atoms with Gasteiger partial charge in [-0.1, -0.05) is 19.1 Å². The van der Waals surface area contributed by atoms with Crippen LogP contribution < -0.4 is 5.76 Å². The minimum atomic E-state index is -3.64. The van der Waals surface area contributed by atoms with E-state index in [1.165, 1.54) is 34.9 Å². The summed E-state index contributed by atoms with van der Waals surface area (Å²) in [5.41, 5.74) is 1.72. The Morgan fingerprint density at radius 3 is 2.60 bits per heavy atom. The molecule has 1 heterocycles. The predicted octanol–water partition coefficient (Wildman–Crippen LogP) is 3.43. The molecule has 0 atom stereocenters. The van der Waals surface area contributed by atoms with Crippen molar-refractivity contribution in [1.82, 2.24) is 4.57 Å². The molecule has 2 aromatic carbocycles. The van der Waals surface area contributed by atoms with E-state index in [4.69, 9.17) is 4.42 Å². The Kier molecular flexibility index (Phi) is 4.51. The monoisotopic (exact) mass is 363 g/mol. The largest absolute Gasteiger partial charge is 0.419 e. The van der Waals surface area contributed by atoms with E-state index in [0.717, 1.165) is 6.42 Å². The number of halogens is 1. The zero-order valence-corrected chi connectivity index (χ0v) is 14.8. The molecule has 5 nitrogen and oxygen atoms in total. The third kappa shape index (κ3) is 3.37. The van der Waals surface area contributed by atoms with Gasteiger partial charge in [-0.15, -0.1) is 0 Å². The lowest BCUT2D eigenvalue weighted by molar-refractivity contribution is 0.502. The topological polar surface area (TPSA) is 69.3 Å². The highest BCUT2D eigenvalue weighted by molar-refractivity contribution is 7.90. The van der Waals surface area contributed by atoms with Gasteiger partial charge in [0.05, 0.1) is 16.2 Å². The predicted molar refractivity (Wildman–Crippen MR) is 92.8 cm³/mol.